The van der Waals surface area contributed by atoms with Gasteiger partial charge in [0, 0.05) is 57.2 Å². The number of hydrogen-bond donors (Lipinski definition) is 4. The van der Waals surface area contributed by atoms with E-state index in [0.29, 0.717) is 49.9 Å². The van der Waals surface area contributed by atoms with Gasteiger partial charge in [-0.05, 0) is 66.2 Å². The van der Waals surface area contributed by atoms with E-state index in [0.717, 1.165) is 42.5 Å². The summed E-state index contributed by atoms with van der Waals surface area (Å²) in [6, 6.07) is 6.98. The van der Waals surface area contributed by atoms with Gasteiger partial charge in [0.25, 0.3) is 0 Å². The monoisotopic (exact) mass is 572 g/mol. The number of nitrogens with zero attached hydrogens (tertiary/aromatic N) is 4. The van der Waals surface area contributed by atoms with E-state index >= 15 is 0 Å². The molecule has 1 aromatic heterocycles. The lowest BCUT2D eigenvalue weighted by atomic mass is 10.2. The van der Waals surface area contributed by atoms with Crippen LogP contribution in [-0.4, -0.2) is 76.4 Å². The molecular formula is C25H33BrN8O3. The molecule has 2 aliphatic rings. The highest BCUT2D eigenvalue weighted by molar-refractivity contribution is 9.10. The zero-order valence-corrected chi connectivity index (χ0v) is 22.5. The maximum Gasteiger partial charge on any atom is 0.321 e. The van der Waals surface area contributed by atoms with Crippen LogP contribution in [0.3, 0.4) is 0 Å². The lowest BCUT2D eigenvalue weighted by molar-refractivity contribution is -0.136. The standard InChI is InChI=1S/C25H33BrN8O3/c1-17(35)34-14-5-9-21(34)23(36)28-11-6-10-27-22-20(26)16-29-24(32-22)30-18-7-4-8-19(15-18)31-25(37)33-12-2-3-13-33/h4,7-8,15-16,21H,2-3,5-6,9-14H2,1H3,(H,28,36)(H,31,37)(H2,27,29,30,32)/t21-/m0/s1. The molecule has 1 atom stereocenters. The van der Waals surface area contributed by atoms with Crippen molar-refractivity contribution in [2.24, 2.45) is 0 Å². The van der Waals surface area contributed by atoms with Crippen molar-refractivity contribution in [1.82, 2.24) is 25.1 Å². The van der Waals surface area contributed by atoms with Crippen molar-refractivity contribution in [3.63, 3.8) is 0 Å². The van der Waals surface area contributed by atoms with Gasteiger partial charge in [0.05, 0.1) is 4.47 Å². The van der Waals surface area contributed by atoms with Crippen molar-refractivity contribution in [1.29, 1.82) is 0 Å². The first-order valence-electron chi connectivity index (χ1n) is 12.6. The Bertz CT molecular complexity index is 1120. The highest BCUT2D eigenvalue weighted by Gasteiger charge is 2.31. The average Bonchev–Trinajstić information content (AvgIpc) is 3.59. The molecule has 0 spiro atoms. The van der Waals surface area contributed by atoms with Crippen LogP contribution >= 0.6 is 15.9 Å². The normalized spacial score (nSPS) is 17.0. The van der Waals surface area contributed by atoms with Crippen molar-refractivity contribution in [2.75, 3.05) is 48.7 Å². The minimum Gasteiger partial charge on any atom is -0.369 e. The highest BCUT2D eigenvalue weighted by atomic mass is 79.9. The molecule has 2 aromatic rings. The summed E-state index contributed by atoms with van der Waals surface area (Å²) in [4.78, 5) is 48.8. The maximum absolute atomic E-state index is 12.4. The first-order chi connectivity index (χ1) is 17.9. The number of nitrogens with one attached hydrogen (secondary N) is 4. The average molecular weight is 573 g/mol. The van der Waals surface area contributed by atoms with E-state index in [2.05, 4.69) is 47.2 Å². The SMILES string of the molecule is CC(=O)N1CCC[C@H]1C(=O)NCCCNc1nc(Nc2cccc(NC(=O)N3CCCC3)c2)ncc1Br. The van der Waals surface area contributed by atoms with Gasteiger partial charge in [-0.15, -0.1) is 0 Å². The summed E-state index contributed by atoms with van der Waals surface area (Å²) >= 11 is 3.47. The molecular weight excluding hydrogens is 540 g/mol. The number of carbonyl (C=O) groups is 3. The fraction of sp³-hybridized carbons (Fsp3) is 0.480. The van der Waals surface area contributed by atoms with E-state index < -0.39 is 0 Å². The van der Waals surface area contributed by atoms with Crippen LogP contribution in [-0.2, 0) is 9.59 Å². The number of hydrogen-bond acceptors (Lipinski definition) is 7. The zero-order chi connectivity index (χ0) is 26.2. The number of aromatic nitrogens is 2. The van der Waals surface area contributed by atoms with E-state index in [4.69, 9.17) is 0 Å². The topological polar surface area (TPSA) is 132 Å². The number of likely N-dealkylation sites (tertiary alicyclic amines) is 2. The number of carbonyl (C=O) groups excluding carboxylic acids is 3. The molecule has 2 saturated heterocycles. The molecule has 1 aromatic carbocycles. The maximum atomic E-state index is 12.4. The summed E-state index contributed by atoms with van der Waals surface area (Å²) in [6.07, 6.45) is 6.00. The second kappa shape index (κ2) is 12.7. The summed E-state index contributed by atoms with van der Waals surface area (Å²) in [6.45, 7) is 4.81. The van der Waals surface area contributed by atoms with Crippen molar-refractivity contribution in [3.8, 4) is 0 Å². The van der Waals surface area contributed by atoms with Gasteiger partial charge in [0.15, 0.2) is 0 Å². The van der Waals surface area contributed by atoms with Crippen LogP contribution in [0.1, 0.15) is 39.0 Å². The molecule has 0 aliphatic carbocycles. The number of amides is 4. The van der Waals surface area contributed by atoms with Crippen LogP contribution in [0.15, 0.2) is 34.9 Å². The predicted molar refractivity (Wildman–Crippen MR) is 146 cm³/mol. The minimum absolute atomic E-state index is 0.0594. The molecule has 2 fully saturated rings. The molecule has 0 unspecified atom stereocenters. The third-order valence-electron chi connectivity index (χ3n) is 6.41. The van der Waals surface area contributed by atoms with Crippen molar-refractivity contribution in [2.45, 2.75) is 45.1 Å². The molecule has 4 N–H and O–H groups in total. The summed E-state index contributed by atoms with van der Waals surface area (Å²) in [5.74, 6) is 0.880. The van der Waals surface area contributed by atoms with Crippen molar-refractivity contribution in [3.05, 3.63) is 34.9 Å². The van der Waals surface area contributed by atoms with E-state index in [1.165, 1.54) is 6.92 Å². The number of benzene rings is 1. The van der Waals surface area contributed by atoms with E-state index in [9.17, 15) is 14.4 Å². The quantitative estimate of drug-likeness (QED) is 0.338. The fourth-order valence-electron chi connectivity index (χ4n) is 4.52. The molecule has 198 valence electrons. The van der Waals surface area contributed by atoms with E-state index in [1.54, 1.807) is 11.1 Å². The Kier molecular flexibility index (Phi) is 9.15. The second-order valence-corrected chi connectivity index (χ2v) is 10.0. The lowest BCUT2D eigenvalue weighted by Crippen LogP contribution is -2.45. The molecule has 4 amide bonds. The molecule has 4 rings (SSSR count). The fourth-order valence-corrected chi connectivity index (χ4v) is 4.85. The third-order valence-corrected chi connectivity index (χ3v) is 6.99. The van der Waals surface area contributed by atoms with Crippen LogP contribution in [0.2, 0.25) is 0 Å². The Balaban J connectivity index is 1.25. The van der Waals surface area contributed by atoms with Crippen LogP contribution < -0.4 is 21.3 Å². The van der Waals surface area contributed by atoms with Crippen LogP contribution in [0.25, 0.3) is 0 Å². The van der Waals surface area contributed by atoms with Crippen LogP contribution in [0, 0.1) is 0 Å². The summed E-state index contributed by atoms with van der Waals surface area (Å²) in [5.41, 5.74) is 1.45. The van der Waals surface area contributed by atoms with Crippen molar-refractivity contribution >= 4 is 56.9 Å². The lowest BCUT2D eigenvalue weighted by Gasteiger charge is -2.22. The van der Waals surface area contributed by atoms with Crippen LogP contribution in [0.5, 0.6) is 0 Å². The summed E-state index contributed by atoms with van der Waals surface area (Å²) < 4.78 is 0.719. The Morgan fingerprint density at radius 1 is 1.08 bits per heavy atom. The third kappa shape index (κ3) is 7.31. The van der Waals surface area contributed by atoms with Gasteiger partial charge >= 0.3 is 6.03 Å². The molecule has 37 heavy (non-hydrogen) atoms. The van der Waals surface area contributed by atoms with Gasteiger partial charge in [-0.3, -0.25) is 9.59 Å². The first kappa shape index (κ1) is 26.6. The summed E-state index contributed by atoms with van der Waals surface area (Å²) in [5, 5.41) is 12.3. The van der Waals surface area contributed by atoms with Gasteiger partial charge in [-0.25, -0.2) is 9.78 Å². The molecule has 11 nitrogen and oxygen atoms in total. The Labute approximate surface area is 224 Å². The van der Waals surface area contributed by atoms with Crippen LogP contribution in [0.4, 0.5) is 27.9 Å². The van der Waals surface area contributed by atoms with Gasteiger partial charge in [0.2, 0.25) is 17.8 Å². The second-order valence-electron chi connectivity index (χ2n) is 9.16. The number of rotatable bonds is 9. The van der Waals surface area contributed by atoms with E-state index in [1.807, 2.05) is 29.2 Å². The molecule has 3 heterocycles. The zero-order valence-electron chi connectivity index (χ0n) is 20.9. The smallest absolute Gasteiger partial charge is 0.321 e. The number of halogens is 1. The summed E-state index contributed by atoms with van der Waals surface area (Å²) in [7, 11) is 0. The Morgan fingerprint density at radius 3 is 2.65 bits per heavy atom. The van der Waals surface area contributed by atoms with E-state index in [-0.39, 0.29) is 23.9 Å². The predicted octanol–water partition coefficient (Wildman–Crippen LogP) is 3.54. The van der Waals surface area contributed by atoms with Gasteiger partial charge in [-0.1, -0.05) is 6.07 Å². The molecule has 0 bridgehead atoms. The molecule has 12 heteroatoms. The molecule has 2 aliphatic heterocycles. The minimum atomic E-state index is -0.359. The first-order valence-corrected chi connectivity index (χ1v) is 13.4. The Hall–Kier alpha value is -3.41. The number of anilines is 4. The van der Waals surface area contributed by atoms with Gasteiger partial charge in [0.1, 0.15) is 11.9 Å². The van der Waals surface area contributed by atoms with Gasteiger partial charge in [-0.2, -0.15) is 4.98 Å². The van der Waals surface area contributed by atoms with Crippen molar-refractivity contribution < 1.29 is 14.4 Å². The molecule has 0 saturated carbocycles. The number of urea groups is 1. The molecule has 0 radical (unpaired) electrons. The largest absolute Gasteiger partial charge is 0.369 e. The van der Waals surface area contributed by atoms with Gasteiger partial charge < -0.3 is 31.1 Å². The highest BCUT2D eigenvalue weighted by Crippen LogP contribution is 2.24. The Morgan fingerprint density at radius 2 is 1.86 bits per heavy atom.